The number of carboxylic acid groups (broad SMARTS) is 1. The number of aryl methyl sites for hydroxylation is 2. The van der Waals surface area contributed by atoms with Gasteiger partial charge in [-0.3, -0.25) is 19.3 Å². The van der Waals surface area contributed by atoms with Crippen LogP contribution in [0.15, 0.2) is 41.3 Å². The molecule has 1 saturated heterocycles. The Labute approximate surface area is 259 Å². The second-order valence-electron chi connectivity index (χ2n) is 12.4. The van der Waals surface area contributed by atoms with Crippen molar-refractivity contribution in [3.8, 4) is 11.1 Å². The van der Waals surface area contributed by atoms with E-state index >= 15 is 4.39 Å². The van der Waals surface area contributed by atoms with E-state index in [1.54, 1.807) is 19.9 Å². The monoisotopic (exact) mass is 629 g/mol. The van der Waals surface area contributed by atoms with Crippen LogP contribution in [0.4, 0.5) is 17.6 Å². The molecule has 242 valence electrons. The summed E-state index contributed by atoms with van der Waals surface area (Å²) in [6.45, 7) is 9.49. The molecule has 0 saturated carbocycles. The van der Waals surface area contributed by atoms with Gasteiger partial charge >= 0.3 is 5.97 Å². The summed E-state index contributed by atoms with van der Waals surface area (Å²) in [6.07, 6.45) is 0.239. The number of alkyl halides is 1. The summed E-state index contributed by atoms with van der Waals surface area (Å²) in [6, 6.07) is 4.38. The number of carbonyl (C=O) groups excluding carboxylic acids is 1. The minimum atomic E-state index is -1.36. The van der Waals surface area contributed by atoms with Crippen molar-refractivity contribution in [3.63, 3.8) is 0 Å². The van der Waals surface area contributed by atoms with E-state index in [1.807, 2.05) is 18.7 Å². The molecule has 1 fully saturated rings. The molecule has 1 aromatic heterocycles. The zero-order chi connectivity index (χ0) is 33.2. The number of aliphatic carboxylic acids is 1. The molecule has 4 rings (SSSR count). The molecular formula is C34H39F4N3O4. The molecule has 11 heteroatoms. The minimum absolute atomic E-state index is 0.104. The summed E-state index contributed by atoms with van der Waals surface area (Å²) >= 11 is 0. The number of hydrogen-bond donors (Lipinski definition) is 2. The van der Waals surface area contributed by atoms with E-state index in [0.29, 0.717) is 35.2 Å². The predicted molar refractivity (Wildman–Crippen MR) is 163 cm³/mol. The summed E-state index contributed by atoms with van der Waals surface area (Å²) in [5, 5.41) is 12.4. The van der Waals surface area contributed by atoms with E-state index in [2.05, 4.69) is 5.32 Å². The van der Waals surface area contributed by atoms with Crippen molar-refractivity contribution in [1.29, 1.82) is 0 Å². The number of halogens is 4. The van der Waals surface area contributed by atoms with Crippen LogP contribution in [-0.2, 0) is 16.0 Å². The van der Waals surface area contributed by atoms with Crippen LogP contribution in [0.1, 0.15) is 66.6 Å². The summed E-state index contributed by atoms with van der Waals surface area (Å²) in [4.78, 5) is 40.7. The Kier molecular flexibility index (Phi) is 10.5. The molecule has 0 spiro atoms. The Bertz CT molecular complexity index is 1650. The van der Waals surface area contributed by atoms with Gasteiger partial charge in [-0.1, -0.05) is 19.9 Å². The highest BCUT2D eigenvalue weighted by molar-refractivity contribution is 5.82. The number of carbonyl (C=O) groups is 2. The van der Waals surface area contributed by atoms with E-state index in [9.17, 15) is 32.7 Å². The standard InChI is InChI=1S/C34H39F4N3O4/c1-18(2)10-29(41-15-22(12-27(37)34(41)45)8-9-40-16-24(35)17-40)33(44)39-28(14-30(42)43)25-13-23(11-20(4)32(25)38)31-19(3)6-7-26(36)21(31)5/h6-7,11-13,15,18,24,28-29H,8-10,14,16-17H2,1-5H3,(H,39,44)(H,42,43). The van der Waals surface area contributed by atoms with Gasteiger partial charge in [0.2, 0.25) is 5.91 Å². The molecule has 2 heterocycles. The van der Waals surface area contributed by atoms with E-state index < -0.39 is 59.6 Å². The highest BCUT2D eigenvalue weighted by Gasteiger charge is 2.30. The maximum atomic E-state index is 15.7. The van der Waals surface area contributed by atoms with Crippen LogP contribution in [0, 0.1) is 44.1 Å². The zero-order valence-electron chi connectivity index (χ0n) is 26.1. The molecule has 7 nitrogen and oxygen atoms in total. The topological polar surface area (TPSA) is 91.6 Å². The largest absolute Gasteiger partial charge is 0.481 e. The SMILES string of the molecule is Cc1cc(-c2c(C)ccc(F)c2C)cc(C(CC(=O)O)NC(=O)C(CC(C)C)n2cc(CCN3CC(F)C3)cc(F)c2=O)c1F. The fraction of sp³-hybridized carbons (Fsp3) is 0.441. The normalized spacial score (nSPS) is 15.2. The molecule has 0 radical (unpaired) electrons. The minimum Gasteiger partial charge on any atom is -0.481 e. The second kappa shape index (κ2) is 14.0. The van der Waals surface area contributed by atoms with Crippen molar-refractivity contribution < 1.29 is 32.3 Å². The average Bonchev–Trinajstić information content (AvgIpc) is 2.94. The van der Waals surface area contributed by atoms with Gasteiger partial charge < -0.3 is 15.0 Å². The lowest BCUT2D eigenvalue weighted by Crippen LogP contribution is -2.49. The average molecular weight is 630 g/mol. The smallest absolute Gasteiger partial charge is 0.305 e. The van der Waals surface area contributed by atoms with Crippen molar-refractivity contribution in [2.75, 3.05) is 19.6 Å². The maximum absolute atomic E-state index is 15.7. The summed E-state index contributed by atoms with van der Waals surface area (Å²) < 4.78 is 59.3. The number of carboxylic acids is 1. The number of nitrogens with one attached hydrogen (secondary N) is 1. The molecule has 2 aromatic carbocycles. The Hall–Kier alpha value is -3.99. The van der Waals surface area contributed by atoms with Gasteiger partial charge in [-0.15, -0.1) is 0 Å². The molecule has 45 heavy (non-hydrogen) atoms. The molecule has 0 bridgehead atoms. The van der Waals surface area contributed by atoms with Crippen LogP contribution in [-0.4, -0.2) is 52.3 Å². The lowest BCUT2D eigenvalue weighted by molar-refractivity contribution is -0.138. The predicted octanol–water partition coefficient (Wildman–Crippen LogP) is 5.97. The number of likely N-dealkylation sites (tertiary alicyclic amines) is 1. The molecule has 0 aliphatic carbocycles. The van der Waals surface area contributed by atoms with Crippen LogP contribution in [0.5, 0.6) is 0 Å². The summed E-state index contributed by atoms with van der Waals surface area (Å²) in [5.74, 6) is -4.48. The molecule has 3 aromatic rings. The van der Waals surface area contributed by atoms with Crippen molar-refractivity contribution >= 4 is 11.9 Å². The third-order valence-corrected chi connectivity index (χ3v) is 8.27. The van der Waals surface area contributed by atoms with Crippen LogP contribution in [0.25, 0.3) is 11.1 Å². The van der Waals surface area contributed by atoms with Gasteiger partial charge in [0, 0.05) is 31.4 Å². The molecule has 1 amide bonds. The van der Waals surface area contributed by atoms with Crippen molar-refractivity contribution in [3.05, 3.63) is 92.2 Å². The van der Waals surface area contributed by atoms with Gasteiger partial charge in [-0.25, -0.2) is 17.6 Å². The molecule has 2 N–H and O–H groups in total. The molecule has 2 atom stereocenters. The lowest BCUT2D eigenvalue weighted by atomic mass is 9.90. The van der Waals surface area contributed by atoms with Gasteiger partial charge in [-0.05, 0) is 97.2 Å². The summed E-state index contributed by atoms with van der Waals surface area (Å²) in [5.41, 5.74) is 1.51. The maximum Gasteiger partial charge on any atom is 0.305 e. The van der Waals surface area contributed by atoms with Gasteiger partial charge in [0.05, 0.1) is 12.5 Å². The summed E-state index contributed by atoms with van der Waals surface area (Å²) in [7, 11) is 0. The fourth-order valence-corrected chi connectivity index (χ4v) is 5.90. The van der Waals surface area contributed by atoms with Crippen LogP contribution in [0.2, 0.25) is 0 Å². The Morgan fingerprint density at radius 1 is 1.02 bits per heavy atom. The first-order valence-corrected chi connectivity index (χ1v) is 15.0. The molecular weight excluding hydrogens is 590 g/mol. The third kappa shape index (κ3) is 7.81. The first-order valence-electron chi connectivity index (χ1n) is 15.0. The van der Waals surface area contributed by atoms with Crippen LogP contribution >= 0.6 is 0 Å². The number of nitrogens with zero attached hydrogens (tertiary/aromatic N) is 2. The van der Waals surface area contributed by atoms with Crippen molar-refractivity contribution in [2.24, 2.45) is 5.92 Å². The molecule has 2 unspecified atom stereocenters. The van der Waals surface area contributed by atoms with Crippen LogP contribution < -0.4 is 10.9 Å². The quantitative estimate of drug-likeness (QED) is 0.241. The first-order chi connectivity index (χ1) is 21.2. The third-order valence-electron chi connectivity index (χ3n) is 8.27. The van der Waals surface area contributed by atoms with Gasteiger partial charge in [0.15, 0.2) is 5.82 Å². The van der Waals surface area contributed by atoms with Gasteiger partial charge in [-0.2, -0.15) is 0 Å². The van der Waals surface area contributed by atoms with E-state index in [-0.39, 0.29) is 36.6 Å². The number of pyridine rings is 1. The number of rotatable bonds is 12. The van der Waals surface area contributed by atoms with Gasteiger partial charge in [0.1, 0.15) is 23.8 Å². The Morgan fingerprint density at radius 2 is 1.71 bits per heavy atom. The van der Waals surface area contributed by atoms with Crippen molar-refractivity contribution in [1.82, 2.24) is 14.8 Å². The number of amides is 1. The van der Waals surface area contributed by atoms with E-state index in [4.69, 9.17) is 0 Å². The van der Waals surface area contributed by atoms with E-state index in [0.717, 1.165) is 16.2 Å². The Morgan fingerprint density at radius 3 is 2.33 bits per heavy atom. The van der Waals surface area contributed by atoms with Gasteiger partial charge in [0.25, 0.3) is 5.56 Å². The Balaban J connectivity index is 1.72. The lowest BCUT2D eigenvalue weighted by Gasteiger charge is -2.34. The highest BCUT2D eigenvalue weighted by atomic mass is 19.1. The fourth-order valence-electron chi connectivity index (χ4n) is 5.90. The first kappa shape index (κ1) is 33.9. The zero-order valence-corrected chi connectivity index (χ0v) is 26.1. The van der Waals surface area contributed by atoms with Crippen molar-refractivity contribution in [2.45, 2.75) is 72.1 Å². The molecule has 1 aliphatic rings. The number of hydrogen-bond acceptors (Lipinski definition) is 4. The van der Waals surface area contributed by atoms with E-state index in [1.165, 1.54) is 31.3 Å². The number of benzene rings is 2. The number of aromatic nitrogens is 1. The second-order valence-corrected chi connectivity index (χ2v) is 12.4. The highest BCUT2D eigenvalue weighted by Crippen LogP contribution is 2.34. The molecule has 1 aliphatic heterocycles. The van der Waals surface area contributed by atoms with Crippen LogP contribution in [0.3, 0.4) is 0 Å².